The molecule has 34 heavy (non-hydrogen) atoms. The van der Waals surface area contributed by atoms with Gasteiger partial charge in [-0.2, -0.15) is 4.72 Å². The number of carbonyl (C=O) groups is 1. The second-order valence-electron chi connectivity index (χ2n) is 9.51. The molecule has 0 aliphatic heterocycles. The van der Waals surface area contributed by atoms with Gasteiger partial charge >= 0.3 is 6.09 Å². The zero-order chi connectivity index (χ0) is 24.5. The van der Waals surface area contributed by atoms with Gasteiger partial charge in [0, 0.05) is 12.1 Å². The molecule has 2 aromatic carbocycles. The molecule has 3 aromatic rings. The number of nitrogens with zero attached hydrogens (tertiary/aromatic N) is 1. The van der Waals surface area contributed by atoms with Crippen LogP contribution in [0.2, 0.25) is 0 Å². The molecule has 0 saturated heterocycles. The van der Waals surface area contributed by atoms with Gasteiger partial charge in [0.15, 0.2) is 0 Å². The average molecular weight is 479 g/mol. The third-order valence-corrected chi connectivity index (χ3v) is 7.08. The van der Waals surface area contributed by atoms with E-state index < -0.39 is 27.8 Å². The molecule has 1 aliphatic carbocycles. The molecule has 1 aliphatic rings. The number of sulfonamides is 1. The Balaban J connectivity index is 1.85. The van der Waals surface area contributed by atoms with Crippen molar-refractivity contribution < 1.29 is 17.9 Å². The third-order valence-electron chi connectivity index (χ3n) is 5.65. The maximum absolute atomic E-state index is 13.4. The van der Waals surface area contributed by atoms with Crippen molar-refractivity contribution in [3.8, 4) is 0 Å². The van der Waals surface area contributed by atoms with Gasteiger partial charge in [-0.05, 0) is 63.4 Å². The van der Waals surface area contributed by atoms with Crippen LogP contribution in [0.4, 0.5) is 4.79 Å². The first kappa shape index (κ1) is 24.0. The van der Waals surface area contributed by atoms with E-state index in [9.17, 15) is 13.2 Å². The van der Waals surface area contributed by atoms with Crippen LogP contribution in [0.5, 0.6) is 0 Å². The fourth-order valence-electron chi connectivity index (χ4n) is 4.05. The molecule has 1 N–H and O–H groups in total. The predicted octanol–water partition coefficient (Wildman–Crippen LogP) is 5.30. The van der Waals surface area contributed by atoms with E-state index in [4.69, 9.17) is 4.74 Å². The molecule has 0 bridgehead atoms. The quantitative estimate of drug-likeness (QED) is 0.505. The van der Waals surface area contributed by atoms with Gasteiger partial charge in [0.1, 0.15) is 5.60 Å². The molecule has 1 aromatic heterocycles. The molecular weight excluding hydrogens is 448 g/mol. The Morgan fingerprint density at radius 1 is 1.00 bits per heavy atom. The molecule has 1 atom stereocenters. The Bertz CT molecular complexity index is 1320. The fraction of sp³-hybridized carbons (Fsp3) is 0.296. The van der Waals surface area contributed by atoms with Crippen LogP contribution in [0.1, 0.15) is 54.9 Å². The topological polar surface area (TPSA) is 77.4 Å². The monoisotopic (exact) mass is 478 g/mol. The third kappa shape index (κ3) is 5.16. The molecule has 6 nitrogen and oxygen atoms in total. The number of hydrogen-bond acceptors (Lipinski definition) is 4. The number of rotatable bonds is 5. The van der Waals surface area contributed by atoms with Gasteiger partial charge < -0.3 is 4.74 Å². The number of ether oxygens (including phenoxy) is 1. The SMILES string of the molecule is Cc1ccc(S(=O)(=O)NC(c2ccccc2)c2cc3c(n2C(=O)OC(C)(C)C)CC=CC3)cc1. The van der Waals surface area contributed by atoms with Crippen molar-refractivity contribution in [3.05, 3.63) is 101 Å². The highest BCUT2D eigenvalue weighted by Crippen LogP contribution is 2.32. The summed E-state index contributed by atoms with van der Waals surface area (Å²) in [5.74, 6) is 0. The van der Waals surface area contributed by atoms with Gasteiger partial charge in [0.25, 0.3) is 0 Å². The molecule has 7 heteroatoms. The van der Waals surface area contributed by atoms with Gasteiger partial charge in [-0.15, -0.1) is 0 Å². The van der Waals surface area contributed by atoms with Crippen molar-refractivity contribution in [2.75, 3.05) is 0 Å². The molecule has 1 unspecified atom stereocenters. The Morgan fingerprint density at radius 2 is 1.65 bits per heavy atom. The van der Waals surface area contributed by atoms with E-state index in [1.165, 1.54) is 0 Å². The molecule has 0 spiro atoms. The summed E-state index contributed by atoms with van der Waals surface area (Å²) in [6.07, 6.45) is 4.79. The maximum atomic E-state index is 13.4. The van der Waals surface area contributed by atoms with Gasteiger partial charge in [-0.1, -0.05) is 60.2 Å². The summed E-state index contributed by atoms with van der Waals surface area (Å²) in [6.45, 7) is 7.35. The lowest BCUT2D eigenvalue weighted by Crippen LogP contribution is -2.34. The molecule has 4 rings (SSSR count). The summed E-state index contributed by atoms with van der Waals surface area (Å²) in [4.78, 5) is 13.5. The summed E-state index contributed by atoms with van der Waals surface area (Å²) >= 11 is 0. The number of aryl methyl sites for hydroxylation is 1. The second-order valence-corrected chi connectivity index (χ2v) is 11.2. The van der Waals surface area contributed by atoms with Crippen LogP contribution in [0.15, 0.2) is 77.7 Å². The largest absolute Gasteiger partial charge is 0.443 e. The minimum atomic E-state index is -3.88. The van der Waals surface area contributed by atoms with E-state index >= 15 is 0 Å². The van der Waals surface area contributed by atoms with Crippen molar-refractivity contribution in [2.24, 2.45) is 0 Å². The van der Waals surface area contributed by atoms with Crippen molar-refractivity contribution in [1.82, 2.24) is 9.29 Å². The van der Waals surface area contributed by atoms with Crippen molar-refractivity contribution in [2.45, 2.75) is 57.1 Å². The highest BCUT2D eigenvalue weighted by Gasteiger charge is 2.32. The first-order chi connectivity index (χ1) is 16.0. The summed E-state index contributed by atoms with van der Waals surface area (Å²) in [6, 6.07) is 17.1. The van der Waals surface area contributed by atoms with Crippen LogP contribution in [-0.2, 0) is 27.6 Å². The van der Waals surface area contributed by atoms with Crippen LogP contribution in [0, 0.1) is 6.92 Å². The number of nitrogens with one attached hydrogen (secondary N) is 1. The lowest BCUT2D eigenvalue weighted by Gasteiger charge is -2.25. The van der Waals surface area contributed by atoms with Crippen molar-refractivity contribution >= 4 is 16.1 Å². The number of carbonyl (C=O) groups excluding carboxylic acids is 1. The second kappa shape index (κ2) is 9.24. The predicted molar refractivity (Wildman–Crippen MR) is 132 cm³/mol. The Labute approximate surface area is 201 Å². The number of fused-ring (bicyclic) bond motifs is 1. The highest BCUT2D eigenvalue weighted by molar-refractivity contribution is 7.89. The number of benzene rings is 2. The minimum absolute atomic E-state index is 0.167. The number of hydrogen-bond donors (Lipinski definition) is 1. The van der Waals surface area contributed by atoms with Crippen LogP contribution in [-0.4, -0.2) is 24.7 Å². The van der Waals surface area contributed by atoms with Crippen molar-refractivity contribution in [3.63, 3.8) is 0 Å². The molecule has 178 valence electrons. The Morgan fingerprint density at radius 3 is 2.29 bits per heavy atom. The van der Waals surface area contributed by atoms with E-state index in [1.807, 2.05) is 70.2 Å². The van der Waals surface area contributed by atoms with Gasteiger partial charge in [-0.25, -0.2) is 13.2 Å². The smallest absolute Gasteiger partial charge is 0.419 e. The zero-order valence-electron chi connectivity index (χ0n) is 19.9. The number of allylic oxidation sites excluding steroid dienone is 2. The summed E-state index contributed by atoms with van der Waals surface area (Å²) in [5, 5.41) is 0. The van der Waals surface area contributed by atoms with E-state index in [0.717, 1.165) is 22.4 Å². The zero-order valence-corrected chi connectivity index (χ0v) is 20.7. The minimum Gasteiger partial charge on any atom is -0.443 e. The van der Waals surface area contributed by atoms with Crippen LogP contribution in [0.25, 0.3) is 0 Å². The first-order valence-electron chi connectivity index (χ1n) is 11.3. The normalized spacial score (nSPS) is 14.5. The maximum Gasteiger partial charge on any atom is 0.419 e. The Hall–Kier alpha value is -3.16. The molecule has 0 radical (unpaired) electrons. The molecule has 0 fully saturated rings. The van der Waals surface area contributed by atoms with E-state index in [0.29, 0.717) is 18.5 Å². The van der Waals surface area contributed by atoms with Crippen molar-refractivity contribution in [1.29, 1.82) is 0 Å². The Kier molecular flexibility index (Phi) is 6.51. The fourth-order valence-corrected chi connectivity index (χ4v) is 5.25. The van der Waals surface area contributed by atoms with E-state index in [1.54, 1.807) is 28.8 Å². The van der Waals surface area contributed by atoms with E-state index in [-0.39, 0.29) is 4.90 Å². The van der Waals surface area contributed by atoms with Crippen LogP contribution < -0.4 is 4.72 Å². The standard InChI is InChI=1S/C27H30N2O4S/c1-19-14-16-22(17-15-19)34(31,32)28-25(20-10-6-5-7-11-20)24-18-21-12-8-9-13-23(21)29(24)26(30)33-27(2,3)4/h5-11,14-18,25,28H,12-13H2,1-4H3. The lowest BCUT2D eigenvalue weighted by molar-refractivity contribution is 0.0527. The van der Waals surface area contributed by atoms with Crippen LogP contribution >= 0.6 is 0 Å². The van der Waals surface area contributed by atoms with Crippen LogP contribution in [0.3, 0.4) is 0 Å². The molecule has 0 saturated carbocycles. The highest BCUT2D eigenvalue weighted by atomic mass is 32.2. The summed E-state index contributed by atoms with van der Waals surface area (Å²) < 4.78 is 36.9. The summed E-state index contributed by atoms with van der Waals surface area (Å²) in [5.41, 5.74) is 3.34. The lowest BCUT2D eigenvalue weighted by atomic mass is 10.0. The van der Waals surface area contributed by atoms with Gasteiger partial charge in [0.2, 0.25) is 10.0 Å². The van der Waals surface area contributed by atoms with Gasteiger partial charge in [0.05, 0.1) is 16.6 Å². The number of aromatic nitrogens is 1. The molecular formula is C27H30N2O4S. The summed E-state index contributed by atoms with van der Waals surface area (Å²) in [7, 11) is -3.88. The average Bonchev–Trinajstić information content (AvgIpc) is 3.17. The van der Waals surface area contributed by atoms with E-state index in [2.05, 4.69) is 10.8 Å². The first-order valence-corrected chi connectivity index (χ1v) is 12.8. The molecule has 1 heterocycles. The molecule has 0 amide bonds. The van der Waals surface area contributed by atoms with Gasteiger partial charge in [-0.3, -0.25) is 4.57 Å².